The molecule has 1 aliphatic carbocycles. The molecule has 0 radical (unpaired) electrons. The van der Waals surface area contributed by atoms with Crippen molar-refractivity contribution in [2.24, 2.45) is 4.99 Å². The first-order chi connectivity index (χ1) is 20.8. The maximum atomic E-state index is 14.0. The Morgan fingerprint density at radius 1 is 1.07 bits per heavy atom. The number of hydrogen-bond acceptors (Lipinski definition) is 6. The van der Waals surface area contributed by atoms with E-state index in [-0.39, 0.29) is 41.7 Å². The van der Waals surface area contributed by atoms with Crippen molar-refractivity contribution in [3.63, 3.8) is 0 Å². The number of benzene rings is 1. The van der Waals surface area contributed by atoms with Gasteiger partial charge in [0.2, 0.25) is 5.91 Å². The standard InChI is InChI=1S/C31H32F2N6O4/c1-2-12-38-30(42)22-17-25(35-28(22)39(31(38)43)21-8-9-21)20-7-11-26(34-18-20)37(15-4-14-36-13-3-5-27(36)40)29(41)19-6-10-23(32)24(33)16-19/h6-7,10-11,16,18,21H,2-5,8-9,12-15,17H2,1H3. The van der Waals surface area contributed by atoms with Crippen LogP contribution in [0, 0.1) is 11.6 Å². The number of hydrogen-bond donors (Lipinski definition) is 0. The molecule has 224 valence electrons. The maximum Gasteiger partial charge on any atom is 0.332 e. The number of amides is 2. The number of fused-ring (bicyclic) bond motifs is 1. The zero-order chi connectivity index (χ0) is 30.2. The molecule has 1 saturated carbocycles. The summed E-state index contributed by atoms with van der Waals surface area (Å²) < 4.78 is 30.5. The van der Waals surface area contributed by atoms with Gasteiger partial charge in [0.1, 0.15) is 11.6 Å². The second-order valence-electron chi connectivity index (χ2n) is 11.2. The number of nitrogens with zero attached hydrogens (tertiary/aromatic N) is 6. The zero-order valence-corrected chi connectivity index (χ0v) is 23.9. The number of carbonyl (C=O) groups excluding carboxylic acids is 2. The minimum absolute atomic E-state index is 0.0287. The third kappa shape index (κ3) is 5.53. The van der Waals surface area contributed by atoms with Gasteiger partial charge >= 0.3 is 5.69 Å². The van der Waals surface area contributed by atoms with E-state index in [2.05, 4.69) is 4.98 Å². The van der Waals surface area contributed by atoms with Gasteiger partial charge in [0.15, 0.2) is 11.6 Å². The Bertz CT molecular complexity index is 1740. The van der Waals surface area contributed by atoms with Crippen LogP contribution in [-0.4, -0.2) is 56.2 Å². The van der Waals surface area contributed by atoms with Crippen LogP contribution in [0.15, 0.2) is 51.1 Å². The largest absolute Gasteiger partial charge is 0.343 e. The van der Waals surface area contributed by atoms with E-state index in [1.807, 2.05) is 6.92 Å². The van der Waals surface area contributed by atoms with E-state index in [1.165, 1.54) is 15.5 Å². The van der Waals surface area contributed by atoms with Crippen molar-refractivity contribution in [2.45, 2.75) is 64.5 Å². The predicted octanol–water partition coefficient (Wildman–Crippen LogP) is 3.76. The van der Waals surface area contributed by atoms with Gasteiger partial charge in [-0.1, -0.05) is 6.92 Å². The van der Waals surface area contributed by atoms with Gasteiger partial charge < -0.3 is 4.90 Å². The fourth-order valence-corrected chi connectivity index (χ4v) is 5.75. The first kappa shape index (κ1) is 28.6. The lowest BCUT2D eigenvalue weighted by Gasteiger charge is -2.24. The second-order valence-corrected chi connectivity index (χ2v) is 11.2. The van der Waals surface area contributed by atoms with Crippen LogP contribution in [0.2, 0.25) is 0 Å². The summed E-state index contributed by atoms with van der Waals surface area (Å²) in [6.45, 7) is 3.60. The summed E-state index contributed by atoms with van der Waals surface area (Å²) >= 11 is 0. The van der Waals surface area contributed by atoms with E-state index < -0.39 is 17.5 Å². The quantitative estimate of drug-likeness (QED) is 0.357. The average Bonchev–Trinajstić information content (AvgIpc) is 3.60. The van der Waals surface area contributed by atoms with Crippen molar-refractivity contribution in [3.05, 3.63) is 85.7 Å². The summed E-state index contributed by atoms with van der Waals surface area (Å²) in [5, 5.41) is 0. The Morgan fingerprint density at radius 3 is 2.53 bits per heavy atom. The van der Waals surface area contributed by atoms with E-state index >= 15 is 0 Å². The topological polar surface area (TPSA) is 110 Å². The first-order valence-electron chi connectivity index (χ1n) is 14.7. The molecule has 1 saturated heterocycles. The third-order valence-electron chi connectivity index (χ3n) is 8.13. The lowest BCUT2D eigenvalue weighted by Crippen LogP contribution is -2.41. The van der Waals surface area contributed by atoms with Crippen molar-refractivity contribution in [1.29, 1.82) is 0 Å². The molecular formula is C31H32F2N6O4. The van der Waals surface area contributed by atoms with Crippen LogP contribution in [0.3, 0.4) is 0 Å². The Balaban J connectivity index is 1.28. The molecule has 2 fully saturated rings. The van der Waals surface area contributed by atoms with Gasteiger partial charge in [-0.05, 0) is 62.4 Å². The summed E-state index contributed by atoms with van der Waals surface area (Å²) in [6.07, 6.45) is 5.99. The molecule has 43 heavy (non-hydrogen) atoms. The van der Waals surface area contributed by atoms with Crippen molar-refractivity contribution < 1.29 is 18.4 Å². The molecule has 10 nitrogen and oxygen atoms in total. The molecule has 0 unspecified atom stereocenters. The SMILES string of the molecule is CCCn1c(=O)c2c(n(C3CC3)c1=O)N=C(c1ccc(N(CCCN3CCCC3=O)C(=O)c3ccc(F)c(F)c3)nc1)C2. The monoisotopic (exact) mass is 590 g/mol. The molecule has 0 spiro atoms. The summed E-state index contributed by atoms with van der Waals surface area (Å²) in [6, 6.07) is 6.42. The molecule has 1 aromatic carbocycles. The average molecular weight is 591 g/mol. The Morgan fingerprint density at radius 2 is 1.88 bits per heavy atom. The van der Waals surface area contributed by atoms with Gasteiger partial charge in [-0.25, -0.2) is 23.6 Å². The van der Waals surface area contributed by atoms with E-state index in [1.54, 1.807) is 27.8 Å². The Kier molecular flexibility index (Phi) is 7.76. The van der Waals surface area contributed by atoms with E-state index in [0.717, 1.165) is 31.4 Å². The molecule has 12 heteroatoms. The number of halogens is 2. The van der Waals surface area contributed by atoms with Gasteiger partial charge in [-0.3, -0.25) is 28.4 Å². The number of likely N-dealkylation sites (tertiary alicyclic amines) is 1. The van der Waals surface area contributed by atoms with Crippen LogP contribution < -0.4 is 16.1 Å². The van der Waals surface area contributed by atoms with Gasteiger partial charge in [0.25, 0.3) is 11.5 Å². The predicted molar refractivity (Wildman–Crippen MR) is 156 cm³/mol. The number of carbonyl (C=O) groups is 2. The van der Waals surface area contributed by atoms with Crippen LogP contribution in [0.4, 0.5) is 20.4 Å². The molecule has 2 aromatic heterocycles. The molecule has 0 N–H and O–H groups in total. The van der Waals surface area contributed by atoms with Crippen molar-refractivity contribution in [1.82, 2.24) is 19.0 Å². The summed E-state index contributed by atoms with van der Waals surface area (Å²) in [4.78, 5) is 64.2. The van der Waals surface area contributed by atoms with Crippen LogP contribution in [-0.2, 0) is 17.8 Å². The minimum atomic E-state index is -1.13. The van der Waals surface area contributed by atoms with Crippen LogP contribution >= 0.6 is 0 Å². The highest BCUT2D eigenvalue weighted by Crippen LogP contribution is 2.39. The molecular weight excluding hydrogens is 558 g/mol. The van der Waals surface area contributed by atoms with Crippen molar-refractivity contribution in [3.8, 4) is 0 Å². The highest BCUT2D eigenvalue weighted by atomic mass is 19.2. The van der Waals surface area contributed by atoms with Gasteiger partial charge in [-0.15, -0.1) is 0 Å². The fourth-order valence-electron chi connectivity index (χ4n) is 5.75. The molecule has 2 amide bonds. The highest BCUT2D eigenvalue weighted by Gasteiger charge is 2.34. The molecule has 2 aliphatic heterocycles. The first-order valence-corrected chi connectivity index (χ1v) is 14.7. The number of rotatable bonds is 10. The van der Waals surface area contributed by atoms with Gasteiger partial charge in [0, 0.05) is 62.4 Å². The lowest BCUT2D eigenvalue weighted by atomic mass is 10.1. The van der Waals surface area contributed by atoms with Crippen molar-refractivity contribution in [2.75, 3.05) is 24.5 Å². The lowest BCUT2D eigenvalue weighted by molar-refractivity contribution is -0.127. The highest BCUT2D eigenvalue weighted by molar-refractivity contribution is 6.07. The fraction of sp³-hybridized carbons (Fsp3) is 0.419. The molecule has 3 aromatic rings. The van der Waals surface area contributed by atoms with E-state index in [9.17, 15) is 28.0 Å². The molecule has 6 rings (SSSR count). The number of anilines is 1. The zero-order valence-electron chi connectivity index (χ0n) is 23.9. The molecule has 0 bridgehead atoms. The van der Waals surface area contributed by atoms with Crippen LogP contribution in [0.25, 0.3) is 0 Å². The molecule has 0 atom stereocenters. The molecule has 4 heterocycles. The Hall–Kier alpha value is -4.48. The van der Waals surface area contributed by atoms with Crippen LogP contribution in [0.5, 0.6) is 0 Å². The second kappa shape index (κ2) is 11.7. The summed E-state index contributed by atoms with van der Waals surface area (Å²) in [5.74, 6) is -1.95. The number of aliphatic imine (C=N–C) groups is 1. The minimum Gasteiger partial charge on any atom is -0.343 e. The van der Waals surface area contributed by atoms with Crippen LogP contribution in [0.1, 0.15) is 73.0 Å². The van der Waals surface area contributed by atoms with E-state index in [0.29, 0.717) is 67.4 Å². The number of pyridine rings is 1. The number of aromatic nitrogens is 3. The Labute approximate surface area is 246 Å². The van der Waals surface area contributed by atoms with Gasteiger partial charge in [0.05, 0.1) is 11.3 Å². The summed E-state index contributed by atoms with van der Waals surface area (Å²) in [7, 11) is 0. The van der Waals surface area contributed by atoms with Gasteiger partial charge in [-0.2, -0.15) is 0 Å². The normalized spacial score (nSPS) is 16.0. The molecule has 3 aliphatic rings. The third-order valence-corrected chi connectivity index (χ3v) is 8.13. The summed E-state index contributed by atoms with van der Waals surface area (Å²) in [5.41, 5.74) is 1.06. The maximum absolute atomic E-state index is 14.0. The van der Waals surface area contributed by atoms with Crippen molar-refractivity contribution >= 4 is 29.2 Å². The smallest absolute Gasteiger partial charge is 0.332 e. The van der Waals surface area contributed by atoms with E-state index in [4.69, 9.17) is 4.99 Å².